The zero-order valence-corrected chi connectivity index (χ0v) is 28.4. The smallest absolute Gasteiger partial charge is 0.265 e. The summed E-state index contributed by atoms with van der Waals surface area (Å²) in [5.41, 5.74) is 9.00. The van der Waals surface area contributed by atoms with Crippen LogP contribution in [0.1, 0.15) is 0 Å². The van der Waals surface area contributed by atoms with E-state index in [9.17, 15) is 0 Å². The summed E-state index contributed by atoms with van der Waals surface area (Å²) in [6.07, 6.45) is 0. The number of benzene rings is 7. The Morgan fingerprint density at radius 3 is 1.66 bits per heavy atom. The van der Waals surface area contributed by atoms with E-state index < -0.39 is 0 Å². The number of hydrogen-bond donors (Lipinski definition) is 0. The van der Waals surface area contributed by atoms with Crippen molar-refractivity contribution < 1.29 is 0 Å². The fourth-order valence-electron chi connectivity index (χ4n) is 8.19. The van der Waals surface area contributed by atoms with Crippen LogP contribution in [0.3, 0.4) is 0 Å². The lowest BCUT2D eigenvalue weighted by atomic mass is 10.1. The van der Waals surface area contributed by atoms with E-state index in [1.165, 1.54) is 0 Å². The third kappa shape index (κ3) is 4.30. The van der Waals surface area contributed by atoms with Gasteiger partial charge >= 0.3 is 0 Å². The number of nitrogens with zero attached hydrogens (tertiary/aromatic N) is 5. The Bertz CT molecular complexity index is 3290. The minimum absolute atomic E-state index is 0.0977. The predicted octanol–water partition coefficient (Wildman–Crippen LogP) is 10.8. The predicted molar refractivity (Wildman–Crippen MR) is 217 cm³/mol. The van der Waals surface area contributed by atoms with Crippen molar-refractivity contribution in [3.05, 3.63) is 186 Å². The molecule has 4 aromatic heterocycles. The lowest BCUT2D eigenvalue weighted by Crippen LogP contribution is -2.19. The van der Waals surface area contributed by atoms with Crippen LogP contribution in [0.5, 0.6) is 0 Å². The number of aromatic nitrogens is 5. The zero-order valence-electron chi connectivity index (χ0n) is 28.4. The molecule has 0 amide bonds. The van der Waals surface area contributed by atoms with Crippen LogP contribution in [0.15, 0.2) is 181 Å². The van der Waals surface area contributed by atoms with Crippen LogP contribution in [0, 0.1) is 0 Å². The third-order valence-electron chi connectivity index (χ3n) is 10.4. The molecule has 0 saturated carbocycles. The van der Waals surface area contributed by atoms with Crippen molar-refractivity contribution in [3.63, 3.8) is 0 Å². The maximum absolute atomic E-state index is 15.3. The Hall–Kier alpha value is -7.31. The number of pyridine rings is 1. The van der Waals surface area contributed by atoms with Crippen molar-refractivity contribution in [1.29, 1.82) is 0 Å². The van der Waals surface area contributed by atoms with Gasteiger partial charge in [0, 0.05) is 43.9 Å². The second-order valence-electron chi connectivity index (χ2n) is 13.4. The first-order valence-electron chi connectivity index (χ1n) is 17.7. The van der Waals surface area contributed by atoms with E-state index in [0.29, 0.717) is 11.3 Å². The van der Waals surface area contributed by atoms with Crippen molar-refractivity contribution >= 4 is 65.4 Å². The third-order valence-corrected chi connectivity index (χ3v) is 10.4. The standard InChI is InChI=1S/C47H29N5O/c53-46-43-35-24-12-15-27-40(35)52(47-48-38-25-13-10-23-34(38)44(49-47)30-16-4-1-5-17-30)45(43)37-28-36-33-22-11-14-26-39(33)50(31-18-6-2-7-19-31)41(36)29-42(37)51(46)32-20-8-3-9-21-32/h1-29H. The van der Waals surface area contributed by atoms with Gasteiger partial charge in [-0.3, -0.25) is 13.9 Å². The van der Waals surface area contributed by atoms with Crippen molar-refractivity contribution in [2.45, 2.75) is 0 Å². The van der Waals surface area contributed by atoms with Gasteiger partial charge in [-0.05, 0) is 54.6 Å². The SMILES string of the molecule is O=c1c2c3ccccc3n(-c3nc(-c4ccccc4)c4ccccc4n3)c2c2cc3c4ccccc4n(-c4ccccc4)c3cc2n1-c1ccccc1. The van der Waals surface area contributed by atoms with E-state index in [4.69, 9.17) is 9.97 Å². The molecule has 0 saturated heterocycles. The van der Waals surface area contributed by atoms with Gasteiger partial charge < -0.3 is 4.57 Å². The van der Waals surface area contributed by atoms with Gasteiger partial charge in [0.25, 0.3) is 5.56 Å². The first-order chi connectivity index (χ1) is 26.2. The Morgan fingerprint density at radius 2 is 0.943 bits per heavy atom. The molecule has 11 rings (SSSR count). The molecule has 7 aromatic carbocycles. The van der Waals surface area contributed by atoms with Gasteiger partial charge in [-0.15, -0.1) is 0 Å². The minimum atomic E-state index is -0.0977. The number of hydrogen-bond acceptors (Lipinski definition) is 3. The van der Waals surface area contributed by atoms with E-state index in [-0.39, 0.29) is 5.56 Å². The average molecular weight is 680 g/mol. The highest BCUT2D eigenvalue weighted by Gasteiger charge is 2.25. The van der Waals surface area contributed by atoms with Crippen LogP contribution in [-0.2, 0) is 0 Å². The molecule has 0 radical (unpaired) electrons. The highest BCUT2D eigenvalue weighted by molar-refractivity contribution is 6.22. The van der Waals surface area contributed by atoms with E-state index in [1.54, 1.807) is 0 Å². The van der Waals surface area contributed by atoms with Gasteiger partial charge in [0.15, 0.2) is 0 Å². The number of fused-ring (bicyclic) bond motifs is 9. The van der Waals surface area contributed by atoms with Crippen molar-refractivity contribution in [2.24, 2.45) is 0 Å². The second kappa shape index (κ2) is 11.4. The summed E-state index contributed by atoms with van der Waals surface area (Å²) in [4.78, 5) is 25.8. The summed E-state index contributed by atoms with van der Waals surface area (Å²) in [5.74, 6) is 0.513. The molecule has 0 aliphatic carbocycles. The molecule has 6 nitrogen and oxygen atoms in total. The molecule has 248 valence electrons. The van der Waals surface area contributed by atoms with Crippen LogP contribution < -0.4 is 5.56 Å². The highest BCUT2D eigenvalue weighted by atomic mass is 16.1. The Balaban J connectivity index is 1.37. The maximum atomic E-state index is 15.3. The number of rotatable bonds is 4. The lowest BCUT2D eigenvalue weighted by Gasteiger charge is -2.16. The molecule has 11 aromatic rings. The van der Waals surface area contributed by atoms with Crippen LogP contribution in [0.4, 0.5) is 0 Å². The fourth-order valence-corrected chi connectivity index (χ4v) is 8.19. The molecule has 6 heteroatoms. The van der Waals surface area contributed by atoms with Crippen LogP contribution in [0.25, 0.3) is 94.0 Å². The molecule has 0 N–H and O–H groups in total. The minimum Gasteiger partial charge on any atom is -0.309 e. The summed E-state index contributed by atoms with van der Waals surface area (Å²) < 4.78 is 6.27. The summed E-state index contributed by atoms with van der Waals surface area (Å²) >= 11 is 0. The molecular weight excluding hydrogens is 651 g/mol. The van der Waals surface area contributed by atoms with E-state index in [2.05, 4.69) is 94.1 Å². The van der Waals surface area contributed by atoms with Gasteiger partial charge in [0.2, 0.25) is 5.95 Å². The van der Waals surface area contributed by atoms with Crippen LogP contribution in [-0.4, -0.2) is 23.7 Å². The fraction of sp³-hybridized carbons (Fsp3) is 0. The monoisotopic (exact) mass is 679 g/mol. The van der Waals surface area contributed by atoms with Gasteiger partial charge in [-0.1, -0.05) is 121 Å². The van der Waals surface area contributed by atoms with E-state index in [1.807, 2.05) is 95.6 Å². The second-order valence-corrected chi connectivity index (χ2v) is 13.4. The van der Waals surface area contributed by atoms with E-state index >= 15 is 4.79 Å². The summed E-state index contributed by atoms with van der Waals surface area (Å²) in [6, 6.07) is 59.8. The Kier molecular flexibility index (Phi) is 6.30. The summed E-state index contributed by atoms with van der Waals surface area (Å²) in [5, 5.41) is 5.61. The Morgan fingerprint density at radius 1 is 0.396 bits per heavy atom. The Labute approximate surface area is 303 Å². The average Bonchev–Trinajstić information content (AvgIpc) is 3.74. The highest BCUT2D eigenvalue weighted by Crippen LogP contribution is 2.40. The van der Waals surface area contributed by atoms with Gasteiger partial charge in [-0.2, -0.15) is 0 Å². The van der Waals surface area contributed by atoms with E-state index in [0.717, 1.165) is 82.7 Å². The van der Waals surface area contributed by atoms with Gasteiger partial charge in [0.1, 0.15) is 0 Å². The molecule has 53 heavy (non-hydrogen) atoms. The van der Waals surface area contributed by atoms with Gasteiger partial charge in [-0.25, -0.2) is 9.97 Å². The van der Waals surface area contributed by atoms with Crippen LogP contribution >= 0.6 is 0 Å². The largest absolute Gasteiger partial charge is 0.309 e. The first kappa shape index (κ1) is 29.4. The first-order valence-corrected chi connectivity index (χ1v) is 17.7. The number of para-hydroxylation sites is 5. The molecule has 0 atom stereocenters. The molecule has 0 bridgehead atoms. The molecular formula is C47H29N5O. The van der Waals surface area contributed by atoms with Gasteiger partial charge in [0.05, 0.1) is 44.2 Å². The van der Waals surface area contributed by atoms with Crippen molar-refractivity contribution in [2.75, 3.05) is 0 Å². The topological polar surface area (TPSA) is 57.6 Å². The molecule has 0 fully saturated rings. The molecule has 0 unspecified atom stereocenters. The van der Waals surface area contributed by atoms with Crippen LogP contribution in [0.2, 0.25) is 0 Å². The molecule has 4 heterocycles. The van der Waals surface area contributed by atoms with Crippen molar-refractivity contribution in [3.8, 4) is 28.6 Å². The maximum Gasteiger partial charge on any atom is 0.265 e. The molecule has 0 aliphatic rings. The lowest BCUT2D eigenvalue weighted by molar-refractivity contribution is 1.01. The molecule has 0 spiro atoms. The quantitative estimate of drug-likeness (QED) is 0.186. The summed E-state index contributed by atoms with van der Waals surface area (Å²) in [6.45, 7) is 0. The van der Waals surface area contributed by atoms with Crippen molar-refractivity contribution in [1.82, 2.24) is 23.7 Å². The zero-order chi connectivity index (χ0) is 35.0. The summed E-state index contributed by atoms with van der Waals surface area (Å²) in [7, 11) is 0. The molecule has 0 aliphatic heterocycles. The normalized spacial score (nSPS) is 11.8.